The Balaban J connectivity index is 2.71. The van der Waals surface area contributed by atoms with Crippen molar-refractivity contribution in [1.29, 1.82) is 0 Å². The molecule has 3 amide bonds. The minimum absolute atomic E-state index is 0.122. The first-order valence-corrected chi connectivity index (χ1v) is 5.20. The summed E-state index contributed by atoms with van der Waals surface area (Å²) in [5.41, 5.74) is 5.37. The van der Waals surface area contributed by atoms with Crippen LogP contribution in [0.2, 0.25) is 0 Å². The van der Waals surface area contributed by atoms with Crippen molar-refractivity contribution in [2.75, 3.05) is 26.2 Å². The zero-order valence-corrected chi connectivity index (χ0v) is 9.62. The third-order valence-corrected chi connectivity index (χ3v) is 2.65. The van der Waals surface area contributed by atoms with Crippen molar-refractivity contribution in [3.05, 3.63) is 0 Å². The number of urea groups is 1. The number of rotatable bonds is 4. The molecule has 0 aromatic heterocycles. The molecule has 1 aliphatic rings. The molecule has 0 radical (unpaired) electrons. The molecule has 0 bridgehead atoms. The maximum absolute atomic E-state index is 11.7. The van der Waals surface area contributed by atoms with E-state index in [9.17, 15) is 9.59 Å². The van der Waals surface area contributed by atoms with Gasteiger partial charge in [0.25, 0.3) is 0 Å². The van der Waals surface area contributed by atoms with Gasteiger partial charge < -0.3 is 10.6 Å². The average molecular weight is 213 g/mol. The summed E-state index contributed by atoms with van der Waals surface area (Å²) >= 11 is 0. The van der Waals surface area contributed by atoms with Gasteiger partial charge in [-0.05, 0) is 18.9 Å². The Morgan fingerprint density at radius 1 is 1.40 bits per heavy atom. The molecule has 0 atom stereocenters. The molecule has 0 saturated carbocycles. The van der Waals surface area contributed by atoms with E-state index in [1.807, 2.05) is 20.8 Å². The predicted octanol–water partition coefficient (Wildman–Crippen LogP) is 0.255. The maximum atomic E-state index is 11.7. The second-order valence-electron chi connectivity index (χ2n) is 4.64. The Kier molecular flexibility index (Phi) is 3.34. The Hall–Kier alpha value is -1.10. The van der Waals surface area contributed by atoms with Gasteiger partial charge in [0.1, 0.15) is 6.54 Å². The zero-order valence-electron chi connectivity index (χ0n) is 9.62. The fraction of sp³-hybridized carbons (Fsp3) is 0.800. The fourth-order valence-corrected chi connectivity index (χ4v) is 1.49. The van der Waals surface area contributed by atoms with E-state index in [-0.39, 0.29) is 23.9 Å². The monoisotopic (exact) mass is 213 g/mol. The maximum Gasteiger partial charge on any atom is 0.327 e. The summed E-state index contributed by atoms with van der Waals surface area (Å²) in [6, 6.07) is -0.191. The predicted molar refractivity (Wildman–Crippen MR) is 57.2 cm³/mol. The van der Waals surface area contributed by atoms with Crippen LogP contribution in [0.25, 0.3) is 0 Å². The number of hydrogen-bond donors (Lipinski definition) is 1. The molecule has 0 aromatic rings. The number of nitrogens with two attached hydrogens (primary N) is 1. The highest BCUT2D eigenvalue weighted by Crippen LogP contribution is 2.19. The number of carbonyl (C=O) groups excluding carboxylic acids is 2. The van der Waals surface area contributed by atoms with Crippen molar-refractivity contribution in [3.8, 4) is 0 Å². The van der Waals surface area contributed by atoms with Crippen LogP contribution >= 0.6 is 0 Å². The van der Waals surface area contributed by atoms with Gasteiger partial charge in [-0.1, -0.05) is 13.8 Å². The van der Waals surface area contributed by atoms with Crippen LogP contribution in [0, 0.1) is 5.41 Å². The zero-order chi connectivity index (χ0) is 11.6. The van der Waals surface area contributed by atoms with Crippen molar-refractivity contribution >= 4 is 11.9 Å². The first-order chi connectivity index (χ1) is 6.91. The average Bonchev–Trinajstić information content (AvgIpc) is 2.45. The third kappa shape index (κ3) is 2.47. The smallest absolute Gasteiger partial charge is 0.327 e. The van der Waals surface area contributed by atoms with Crippen molar-refractivity contribution in [2.45, 2.75) is 20.8 Å². The van der Waals surface area contributed by atoms with Crippen molar-refractivity contribution < 1.29 is 9.59 Å². The standard InChI is InChI=1S/C10H19N3O2/c1-4-12-5-8(14)13(9(12)15)7-10(2,3)6-11/h4-7,11H2,1-3H3. The molecule has 1 saturated heterocycles. The molecule has 1 aliphatic heterocycles. The number of nitrogens with zero attached hydrogens (tertiary/aromatic N) is 2. The Morgan fingerprint density at radius 2 is 2.00 bits per heavy atom. The van der Waals surface area contributed by atoms with Crippen LogP contribution in [-0.4, -0.2) is 47.9 Å². The van der Waals surface area contributed by atoms with Gasteiger partial charge in [0, 0.05) is 13.1 Å². The van der Waals surface area contributed by atoms with Gasteiger partial charge in [-0.3, -0.25) is 9.69 Å². The summed E-state index contributed by atoms with van der Waals surface area (Å²) in [7, 11) is 0. The van der Waals surface area contributed by atoms with E-state index >= 15 is 0 Å². The minimum atomic E-state index is -0.213. The highest BCUT2D eigenvalue weighted by atomic mass is 16.2. The van der Waals surface area contributed by atoms with Gasteiger partial charge in [-0.2, -0.15) is 0 Å². The molecular weight excluding hydrogens is 194 g/mol. The second kappa shape index (κ2) is 4.18. The second-order valence-corrected chi connectivity index (χ2v) is 4.64. The third-order valence-electron chi connectivity index (χ3n) is 2.65. The summed E-state index contributed by atoms with van der Waals surface area (Å²) in [6.07, 6.45) is 0. The van der Waals surface area contributed by atoms with E-state index < -0.39 is 0 Å². The lowest BCUT2D eigenvalue weighted by atomic mass is 9.93. The van der Waals surface area contributed by atoms with E-state index in [1.165, 1.54) is 9.80 Å². The Morgan fingerprint density at radius 3 is 2.40 bits per heavy atom. The van der Waals surface area contributed by atoms with Gasteiger partial charge in [-0.15, -0.1) is 0 Å². The van der Waals surface area contributed by atoms with Crippen LogP contribution in [-0.2, 0) is 4.79 Å². The van der Waals surface area contributed by atoms with Gasteiger partial charge in [0.15, 0.2) is 0 Å². The number of carbonyl (C=O) groups is 2. The molecule has 0 aromatic carbocycles. The van der Waals surface area contributed by atoms with Crippen LogP contribution in [0.4, 0.5) is 4.79 Å². The summed E-state index contributed by atoms with van der Waals surface area (Å²) < 4.78 is 0. The molecular formula is C10H19N3O2. The summed E-state index contributed by atoms with van der Waals surface area (Å²) in [5, 5.41) is 0. The lowest BCUT2D eigenvalue weighted by molar-refractivity contribution is -0.126. The SMILES string of the molecule is CCN1CC(=O)N(CC(C)(C)CN)C1=O. The molecule has 5 heteroatoms. The van der Waals surface area contributed by atoms with Crippen LogP contribution in [0.5, 0.6) is 0 Å². The fourth-order valence-electron chi connectivity index (χ4n) is 1.49. The molecule has 0 aliphatic carbocycles. The lowest BCUT2D eigenvalue weighted by Crippen LogP contribution is -2.42. The highest BCUT2D eigenvalue weighted by molar-refractivity contribution is 6.02. The first-order valence-electron chi connectivity index (χ1n) is 5.20. The van der Waals surface area contributed by atoms with Crippen LogP contribution < -0.4 is 5.73 Å². The van der Waals surface area contributed by atoms with Crippen LogP contribution in [0.15, 0.2) is 0 Å². The lowest BCUT2D eigenvalue weighted by Gasteiger charge is -2.27. The van der Waals surface area contributed by atoms with E-state index in [0.717, 1.165) is 0 Å². The van der Waals surface area contributed by atoms with Crippen molar-refractivity contribution in [1.82, 2.24) is 9.80 Å². The molecule has 2 N–H and O–H groups in total. The largest absolute Gasteiger partial charge is 0.330 e. The number of likely N-dealkylation sites (N-methyl/N-ethyl adjacent to an activating group) is 1. The van der Waals surface area contributed by atoms with E-state index in [4.69, 9.17) is 5.73 Å². The van der Waals surface area contributed by atoms with Crippen molar-refractivity contribution in [2.24, 2.45) is 11.1 Å². The quantitative estimate of drug-likeness (QED) is 0.681. The number of imide groups is 1. The molecule has 15 heavy (non-hydrogen) atoms. The molecule has 86 valence electrons. The number of hydrogen-bond acceptors (Lipinski definition) is 3. The molecule has 5 nitrogen and oxygen atoms in total. The Bertz CT molecular complexity index is 276. The topological polar surface area (TPSA) is 66.6 Å². The van der Waals surface area contributed by atoms with Gasteiger partial charge in [0.2, 0.25) is 5.91 Å². The first kappa shape index (κ1) is 12.0. The Labute approximate surface area is 90.2 Å². The van der Waals surface area contributed by atoms with Crippen molar-refractivity contribution in [3.63, 3.8) is 0 Å². The van der Waals surface area contributed by atoms with E-state index in [0.29, 0.717) is 19.6 Å². The van der Waals surface area contributed by atoms with E-state index in [1.54, 1.807) is 0 Å². The summed E-state index contributed by atoms with van der Waals surface area (Å²) in [5.74, 6) is -0.122. The van der Waals surface area contributed by atoms with E-state index in [2.05, 4.69) is 0 Å². The minimum Gasteiger partial charge on any atom is -0.330 e. The normalized spacial score (nSPS) is 17.9. The summed E-state index contributed by atoms with van der Waals surface area (Å²) in [4.78, 5) is 26.1. The van der Waals surface area contributed by atoms with Crippen LogP contribution in [0.3, 0.4) is 0 Å². The molecule has 1 heterocycles. The molecule has 1 rings (SSSR count). The van der Waals surface area contributed by atoms with Crippen LogP contribution in [0.1, 0.15) is 20.8 Å². The summed E-state index contributed by atoms with van der Waals surface area (Å²) in [6.45, 7) is 7.39. The molecule has 0 unspecified atom stereocenters. The van der Waals surface area contributed by atoms with Gasteiger partial charge in [-0.25, -0.2) is 4.79 Å². The van der Waals surface area contributed by atoms with Gasteiger partial charge >= 0.3 is 6.03 Å². The number of amides is 3. The molecule has 1 fully saturated rings. The molecule has 0 spiro atoms. The highest BCUT2D eigenvalue weighted by Gasteiger charge is 2.37. The van der Waals surface area contributed by atoms with Gasteiger partial charge in [0.05, 0.1) is 0 Å².